The lowest BCUT2D eigenvalue weighted by Gasteiger charge is -2.43. The highest BCUT2D eigenvalue weighted by atomic mass is 35.5. The summed E-state index contributed by atoms with van der Waals surface area (Å²) in [4.78, 5) is 16.4. The number of halogens is 1. The van der Waals surface area contributed by atoms with Gasteiger partial charge in [0, 0.05) is 21.8 Å². The summed E-state index contributed by atoms with van der Waals surface area (Å²) in [6, 6.07) is 11.2. The van der Waals surface area contributed by atoms with E-state index in [9.17, 15) is 4.79 Å². The Hall–Kier alpha value is -1.73. The molecule has 0 saturated heterocycles. The van der Waals surface area contributed by atoms with Gasteiger partial charge in [0.25, 0.3) is 0 Å². The van der Waals surface area contributed by atoms with Crippen molar-refractivity contribution < 1.29 is 4.79 Å². The van der Waals surface area contributed by atoms with Gasteiger partial charge in [0.1, 0.15) is 3.82 Å². The smallest absolute Gasteiger partial charge is 0.308 e. The first-order valence-corrected chi connectivity index (χ1v) is 11.8. The van der Waals surface area contributed by atoms with Crippen LogP contribution < -0.4 is 10.2 Å². The summed E-state index contributed by atoms with van der Waals surface area (Å²) in [5, 5.41) is 3.65. The van der Waals surface area contributed by atoms with Gasteiger partial charge in [-0.25, -0.2) is 4.79 Å². The number of benzene rings is 2. The Kier molecular flexibility index (Phi) is 4.86. The van der Waals surface area contributed by atoms with Crippen LogP contribution in [0.15, 0.2) is 36.4 Å². The molecular formula is C21H19ClN2OS3. The summed E-state index contributed by atoms with van der Waals surface area (Å²) < 4.78 is 0.885. The highest BCUT2D eigenvalue weighted by Crippen LogP contribution is 2.52. The lowest BCUT2D eigenvalue weighted by atomic mass is 9.86. The SMILES string of the molecule is Cc1cc2c(cc1C)N(C(=O)Nc1ccc(Cl)cc1)C(C)(C)c1ssc(=S)c1-2. The van der Waals surface area contributed by atoms with Crippen molar-refractivity contribution in [2.24, 2.45) is 0 Å². The molecule has 7 heteroatoms. The number of aryl methyl sites for hydroxylation is 2. The highest BCUT2D eigenvalue weighted by Gasteiger charge is 2.43. The zero-order valence-electron chi connectivity index (χ0n) is 15.9. The summed E-state index contributed by atoms with van der Waals surface area (Å²) >= 11 is 11.6. The van der Waals surface area contributed by atoms with Crippen LogP contribution >= 0.6 is 44.5 Å². The third kappa shape index (κ3) is 3.08. The van der Waals surface area contributed by atoms with Crippen molar-refractivity contribution in [1.82, 2.24) is 0 Å². The number of carbonyl (C=O) groups excluding carboxylic acids is 1. The Morgan fingerprint density at radius 1 is 1.11 bits per heavy atom. The minimum Gasteiger partial charge on any atom is -0.308 e. The van der Waals surface area contributed by atoms with Gasteiger partial charge in [0.05, 0.1) is 16.1 Å². The molecule has 28 heavy (non-hydrogen) atoms. The van der Waals surface area contributed by atoms with E-state index in [4.69, 9.17) is 23.8 Å². The number of rotatable bonds is 1. The average molecular weight is 447 g/mol. The molecule has 0 bridgehead atoms. The minimum atomic E-state index is -0.515. The van der Waals surface area contributed by atoms with Crippen molar-refractivity contribution in [3.8, 4) is 11.1 Å². The normalized spacial score (nSPS) is 14.4. The molecule has 3 aromatic rings. The summed E-state index contributed by atoms with van der Waals surface area (Å²) in [7, 11) is 3.26. The number of anilines is 2. The Labute approximate surface area is 182 Å². The van der Waals surface area contributed by atoms with Crippen LogP contribution in [0.25, 0.3) is 11.1 Å². The van der Waals surface area contributed by atoms with Gasteiger partial charge in [0.15, 0.2) is 0 Å². The summed E-state index contributed by atoms with van der Waals surface area (Å²) in [6.07, 6.45) is 0. The lowest BCUT2D eigenvalue weighted by Crippen LogP contribution is -2.49. The van der Waals surface area contributed by atoms with E-state index >= 15 is 0 Å². The Balaban J connectivity index is 1.87. The molecular weight excluding hydrogens is 428 g/mol. The number of fused-ring (bicyclic) bond motifs is 3. The molecule has 1 aromatic heterocycles. The van der Waals surface area contributed by atoms with Gasteiger partial charge in [-0.05, 0) is 75.2 Å². The number of urea groups is 1. The largest absolute Gasteiger partial charge is 0.327 e. The number of amides is 2. The van der Waals surface area contributed by atoms with Gasteiger partial charge in [-0.2, -0.15) is 0 Å². The maximum absolute atomic E-state index is 13.4. The molecule has 4 rings (SSSR count). The fourth-order valence-electron chi connectivity index (χ4n) is 3.56. The van der Waals surface area contributed by atoms with Crippen LogP contribution in [0.3, 0.4) is 0 Å². The van der Waals surface area contributed by atoms with Crippen molar-refractivity contribution in [1.29, 1.82) is 0 Å². The molecule has 0 atom stereocenters. The second kappa shape index (κ2) is 6.95. The first-order chi connectivity index (χ1) is 13.2. The predicted octanol–water partition coefficient (Wildman–Crippen LogP) is 7.76. The fourth-order valence-corrected chi connectivity index (χ4v) is 6.97. The summed E-state index contributed by atoms with van der Waals surface area (Å²) in [5.74, 6) is 0. The van der Waals surface area contributed by atoms with E-state index in [0.29, 0.717) is 10.7 Å². The molecule has 3 nitrogen and oxygen atoms in total. The number of nitrogens with one attached hydrogen (secondary N) is 1. The average Bonchev–Trinajstić information content (AvgIpc) is 3.02. The molecule has 2 amide bonds. The van der Waals surface area contributed by atoms with E-state index in [2.05, 4.69) is 45.1 Å². The molecule has 0 unspecified atom stereocenters. The van der Waals surface area contributed by atoms with Crippen LogP contribution in [-0.2, 0) is 5.54 Å². The lowest BCUT2D eigenvalue weighted by molar-refractivity contribution is 0.251. The molecule has 1 N–H and O–H groups in total. The van der Waals surface area contributed by atoms with E-state index < -0.39 is 5.54 Å². The summed E-state index contributed by atoms with van der Waals surface area (Å²) in [5.41, 5.74) is 5.55. The first kappa shape index (κ1) is 19.6. The van der Waals surface area contributed by atoms with Crippen LogP contribution in [0.4, 0.5) is 16.2 Å². The molecule has 0 aliphatic carbocycles. The third-order valence-electron chi connectivity index (χ3n) is 5.17. The maximum Gasteiger partial charge on any atom is 0.327 e. The van der Waals surface area contributed by atoms with E-state index in [1.54, 1.807) is 44.9 Å². The maximum atomic E-state index is 13.4. The Bertz CT molecular complexity index is 1150. The van der Waals surface area contributed by atoms with Gasteiger partial charge in [0.2, 0.25) is 0 Å². The first-order valence-electron chi connectivity index (χ1n) is 8.82. The van der Waals surface area contributed by atoms with Crippen molar-refractivity contribution in [3.63, 3.8) is 0 Å². The van der Waals surface area contributed by atoms with Crippen LogP contribution in [0.2, 0.25) is 5.02 Å². The predicted molar refractivity (Wildman–Crippen MR) is 124 cm³/mol. The molecule has 0 radical (unpaired) electrons. The van der Waals surface area contributed by atoms with Crippen molar-refractivity contribution >= 4 is 61.9 Å². The number of hydrogen-bond acceptors (Lipinski definition) is 4. The van der Waals surface area contributed by atoms with E-state index in [1.165, 1.54) is 5.56 Å². The molecule has 1 aliphatic rings. The fraction of sp³-hybridized carbons (Fsp3) is 0.238. The zero-order chi connectivity index (χ0) is 20.2. The van der Waals surface area contributed by atoms with E-state index in [-0.39, 0.29) is 6.03 Å². The number of hydrogen-bond donors (Lipinski definition) is 1. The van der Waals surface area contributed by atoms with Crippen molar-refractivity contribution in [2.75, 3.05) is 10.2 Å². The molecule has 144 valence electrons. The number of nitrogens with zero attached hydrogens (tertiary/aromatic N) is 1. The van der Waals surface area contributed by atoms with Crippen LogP contribution in [0.1, 0.15) is 29.9 Å². The summed E-state index contributed by atoms with van der Waals surface area (Å²) in [6.45, 7) is 8.30. The van der Waals surface area contributed by atoms with Gasteiger partial charge < -0.3 is 5.32 Å². The Morgan fingerprint density at radius 3 is 2.43 bits per heavy atom. The second-order valence-electron chi connectivity index (χ2n) is 7.44. The molecule has 1 aliphatic heterocycles. The van der Waals surface area contributed by atoms with Crippen LogP contribution in [0.5, 0.6) is 0 Å². The molecule has 2 aromatic carbocycles. The van der Waals surface area contributed by atoms with Gasteiger partial charge >= 0.3 is 6.03 Å². The standard InChI is InChI=1S/C21H19ClN2OS3/c1-11-9-15-16(10-12(11)2)24(20(25)23-14-7-5-13(22)6-8-14)21(3,4)18-17(15)19(26)28-27-18/h5-10H,1-4H3,(H,23,25). The second-order valence-corrected chi connectivity index (χ2v) is 10.7. The molecule has 0 saturated carbocycles. The Morgan fingerprint density at radius 2 is 1.75 bits per heavy atom. The monoisotopic (exact) mass is 446 g/mol. The van der Waals surface area contributed by atoms with Gasteiger partial charge in [-0.1, -0.05) is 44.5 Å². The minimum absolute atomic E-state index is 0.174. The molecule has 0 fully saturated rings. The van der Waals surface area contributed by atoms with Crippen molar-refractivity contribution in [3.05, 3.63) is 61.2 Å². The van der Waals surface area contributed by atoms with Crippen molar-refractivity contribution in [2.45, 2.75) is 33.2 Å². The van der Waals surface area contributed by atoms with Gasteiger partial charge in [-0.15, -0.1) is 0 Å². The van der Waals surface area contributed by atoms with Gasteiger partial charge in [-0.3, -0.25) is 4.90 Å². The molecule has 0 spiro atoms. The highest BCUT2D eigenvalue weighted by molar-refractivity contribution is 7.80. The van der Waals surface area contributed by atoms with Crippen LogP contribution in [-0.4, -0.2) is 6.03 Å². The van der Waals surface area contributed by atoms with E-state index in [0.717, 1.165) is 31.1 Å². The topological polar surface area (TPSA) is 32.3 Å². The quantitative estimate of drug-likeness (QED) is 0.306. The van der Waals surface area contributed by atoms with E-state index in [1.807, 2.05) is 4.90 Å². The third-order valence-corrected chi connectivity index (χ3v) is 8.75. The number of carbonyl (C=O) groups is 1. The zero-order valence-corrected chi connectivity index (χ0v) is 19.1. The van der Waals surface area contributed by atoms with Crippen LogP contribution in [0, 0.1) is 17.7 Å². The molecule has 2 heterocycles.